The van der Waals surface area contributed by atoms with Crippen molar-refractivity contribution >= 4 is 0 Å². The van der Waals surface area contributed by atoms with Gasteiger partial charge in [0.25, 0.3) is 0 Å². The van der Waals surface area contributed by atoms with E-state index >= 15 is 0 Å². The number of rotatable bonds is 5. The van der Waals surface area contributed by atoms with Crippen molar-refractivity contribution in [1.29, 1.82) is 0 Å². The molecule has 3 heteroatoms. The highest BCUT2D eigenvalue weighted by molar-refractivity contribution is 4.79. The third kappa shape index (κ3) is 2.34. The molecule has 0 amide bonds. The molecular formula is C9H17N3. The van der Waals surface area contributed by atoms with Crippen LogP contribution < -0.4 is 5.73 Å². The van der Waals surface area contributed by atoms with Crippen LogP contribution in [0.5, 0.6) is 0 Å². The van der Waals surface area contributed by atoms with Crippen LogP contribution in [-0.4, -0.2) is 16.1 Å². The third-order valence-corrected chi connectivity index (χ3v) is 2.16. The van der Waals surface area contributed by atoms with E-state index in [0.29, 0.717) is 6.04 Å². The van der Waals surface area contributed by atoms with Gasteiger partial charge < -0.3 is 10.3 Å². The topological polar surface area (TPSA) is 43.8 Å². The fraction of sp³-hybridized carbons (Fsp3) is 0.667. The molecule has 2 N–H and O–H groups in total. The molecule has 1 rings (SSSR count). The number of hydrogen-bond donors (Lipinski definition) is 1. The first-order chi connectivity index (χ1) is 5.88. The number of aromatic nitrogens is 2. The fourth-order valence-electron chi connectivity index (χ4n) is 1.40. The summed E-state index contributed by atoms with van der Waals surface area (Å²) in [6.45, 7) is 2.98. The van der Waals surface area contributed by atoms with Gasteiger partial charge in [-0.1, -0.05) is 6.92 Å². The van der Waals surface area contributed by atoms with Gasteiger partial charge in [0.15, 0.2) is 0 Å². The second-order valence-electron chi connectivity index (χ2n) is 3.00. The van der Waals surface area contributed by atoms with Gasteiger partial charge in [0, 0.05) is 18.4 Å². The molecule has 0 saturated carbocycles. The van der Waals surface area contributed by atoms with Crippen LogP contribution in [0.3, 0.4) is 0 Å². The van der Waals surface area contributed by atoms with Crippen molar-refractivity contribution in [2.24, 2.45) is 5.73 Å². The predicted octanol–water partition coefficient (Wildman–Crippen LogP) is 1.57. The largest absolute Gasteiger partial charge is 0.334 e. The minimum Gasteiger partial charge on any atom is -0.334 e. The monoisotopic (exact) mass is 167 g/mol. The van der Waals surface area contributed by atoms with Crippen molar-refractivity contribution in [1.82, 2.24) is 9.55 Å². The van der Waals surface area contributed by atoms with Gasteiger partial charge in [-0.05, 0) is 25.8 Å². The van der Waals surface area contributed by atoms with Gasteiger partial charge in [-0.3, -0.25) is 0 Å². The van der Waals surface area contributed by atoms with E-state index in [9.17, 15) is 0 Å². The molecule has 0 fully saturated rings. The molecule has 0 radical (unpaired) electrons. The van der Waals surface area contributed by atoms with Crippen molar-refractivity contribution in [2.75, 3.05) is 6.54 Å². The Balaban J connectivity index is 2.45. The van der Waals surface area contributed by atoms with Crippen LogP contribution in [0.2, 0.25) is 0 Å². The zero-order valence-corrected chi connectivity index (χ0v) is 7.61. The second kappa shape index (κ2) is 4.93. The fourth-order valence-corrected chi connectivity index (χ4v) is 1.40. The Kier molecular flexibility index (Phi) is 3.80. The molecule has 1 heterocycles. The van der Waals surface area contributed by atoms with E-state index in [1.165, 1.54) is 0 Å². The average Bonchev–Trinajstić information content (AvgIpc) is 2.59. The number of nitrogens with zero attached hydrogens (tertiary/aromatic N) is 2. The summed E-state index contributed by atoms with van der Waals surface area (Å²) in [5.41, 5.74) is 5.46. The minimum absolute atomic E-state index is 0.580. The van der Waals surface area contributed by atoms with Crippen LogP contribution in [0.1, 0.15) is 32.2 Å². The molecule has 3 nitrogen and oxygen atoms in total. The van der Waals surface area contributed by atoms with Crippen LogP contribution in [-0.2, 0) is 0 Å². The Morgan fingerprint density at radius 2 is 2.42 bits per heavy atom. The second-order valence-corrected chi connectivity index (χ2v) is 3.00. The van der Waals surface area contributed by atoms with E-state index < -0.39 is 0 Å². The van der Waals surface area contributed by atoms with Crippen molar-refractivity contribution in [3.63, 3.8) is 0 Å². The number of nitrogens with two attached hydrogens (primary N) is 1. The molecule has 0 aliphatic carbocycles. The molecule has 0 bridgehead atoms. The first kappa shape index (κ1) is 9.26. The smallest absolute Gasteiger partial charge is 0.0948 e. The van der Waals surface area contributed by atoms with Gasteiger partial charge in [-0.2, -0.15) is 0 Å². The van der Waals surface area contributed by atoms with Crippen LogP contribution in [0.4, 0.5) is 0 Å². The maximum Gasteiger partial charge on any atom is 0.0948 e. The summed E-state index contributed by atoms with van der Waals surface area (Å²) in [5, 5.41) is 0. The lowest BCUT2D eigenvalue weighted by Gasteiger charge is -2.15. The van der Waals surface area contributed by atoms with Gasteiger partial charge in [-0.15, -0.1) is 0 Å². The van der Waals surface area contributed by atoms with E-state index in [2.05, 4.69) is 16.5 Å². The van der Waals surface area contributed by atoms with Gasteiger partial charge in [0.1, 0.15) is 0 Å². The molecule has 0 saturated heterocycles. The molecule has 0 aliphatic rings. The average molecular weight is 167 g/mol. The maximum absolute atomic E-state index is 5.46. The Labute approximate surface area is 73.6 Å². The van der Waals surface area contributed by atoms with E-state index in [-0.39, 0.29) is 0 Å². The summed E-state index contributed by atoms with van der Waals surface area (Å²) < 4.78 is 2.16. The molecular weight excluding hydrogens is 150 g/mol. The van der Waals surface area contributed by atoms with Crippen LogP contribution in [0.15, 0.2) is 18.7 Å². The molecule has 1 unspecified atom stereocenters. The summed E-state index contributed by atoms with van der Waals surface area (Å²) in [6.07, 6.45) is 9.12. The van der Waals surface area contributed by atoms with E-state index in [1.807, 2.05) is 18.7 Å². The zero-order valence-electron chi connectivity index (χ0n) is 7.61. The van der Waals surface area contributed by atoms with Gasteiger partial charge in [-0.25, -0.2) is 4.98 Å². The number of imidazole rings is 1. The Hall–Kier alpha value is -0.830. The highest BCUT2D eigenvalue weighted by Gasteiger charge is 2.05. The summed E-state index contributed by atoms with van der Waals surface area (Å²) in [4.78, 5) is 4.03. The first-order valence-corrected chi connectivity index (χ1v) is 4.56. The van der Waals surface area contributed by atoms with Crippen molar-refractivity contribution < 1.29 is 0 Å². The van der Waals surface area contributed by atoms with E-state index in [0.717, 1.165) is 25.8 Å². The van der Waals surface area contributed by atoms with Crippen molar-refractivity contribution in [3.8, 4) is 0 Å². The Bertz CT molecular complexity index is 194. The van der Waals surface area contributed by atoms with Gasteiger partial charge in [0.05, 0.1) is 6.33 Å². The molecule has 1 aromatic rings. The highest BCUT2D eigenvalue weighted by atomic mass is 15.0. The number of hydrogen-bond acceptors (Lipinski definition) is 2. The van der Waals surface area contributed by atoms with Crippen LogP contribution in [0.25, 0.3) is 0 Å². The van der Waals surface area contributed by atoms with Crippen LogP contribution >= 0.6 is 0 Å². The summed E-state index contributed by atoms with van der Waals surface area (Å²) in [5.74, 6) is 0. The van der Waals surface area contributed by atoms with E-state index in [4.69, 9.17) is 5.73 Å². The lowest BCUT2D eigenvalue weighted by molar-refractivity contribution is 0.441. The Morgan fingerprint density at radius 3 is 2.92 bits per heavy atom. The van der Waals surface area contributed by atoms with Gasteiger partial charge >= 0.3 is 0 Å². The molecule has 12 heavy (non-hydrogen) atoms. The highest BCUT2D eigenvalue weighted by Crippen LogP contribution is 2.16. The van der Waals surface area contributed by atoms with Crippen molar-refractivity contribution in [2.45, 2.75) is 32.2 Å². The predicted molar refractivity (Wildman–Crippen MR) is 49.8 cm³/mol. The lowest BCUT2D eigenvalue weighted by atomic mass is 10.1. The summed E-state index contributed by atoms with van der Waals surface area (Å²) in [7, 11) is 0. The molecule has 0 aliphatic heterocycles. The third-order valence-electron chi connectivity index (χ3n) is 2.16. The molecule has 1 atom stereocenters. The lowest BCUT2D eigenvalue weighted by Crippen LogP contribution is -2.08. The normalized spacial score (nSPS) is 13.2. The standard InChI is InChI=1S/C9H17N3/c1-2-9(4-3-5-10)12-7-6-11-8-12/h6-9H,2-5,10H2,1H3. The van der Waals surface area contributed by atoms with Gasteiger partial charge in [0.2, 0.25) is 0 Å². The maximum atomic E-state index is 5.46. The summed E-state index contributed by atoms with van der Waals surface area (Å²) >= 11 is 0. The molecule has 1 aromatic heterocycles. The van der Waals surface area contributed by atoms with Crippen LogP contribution in [0, 0.1) is 0 Å². The summed E-state index contributed by atoms with van der Waals surface area (Å²) in [6, 6.07) is 0.580. The van der Waals surface area contributed by atoms with E-state index in [1.54, 1.807) is 0 Å². The zero-order chi connectivity index (χ0) is 8.81. The SMILES string of the molecule is CCC(CCCN)n1ccnc1. The molecule has 0 aromatic carbocycles. The Morgan fingerprint density at radius 1 is 1.58 bits per heavy atom. The molecule has 0 spiro atoms. The first-order valence-electron chi connectivity index (χ1n) is 4.56. The molecule has 68 valence electrons. The minimum atomic E-state index is 0.580. The quantitative estimate of drug-likeness (QED) is 0.723. The van der Waals surface area contributed by atoms with Crippen molar-refractivity contribution in [3.05, 3.63) is 18.7 Å².